The summed E-state index contributed by atoms with van der Waals surface area (Å²) in [6, 6.07) is 7.17. The number of rotatable bonds is 4. The number of ether oxygens (including phenoxy) is 1. The van der Waals surface area contributed by atoms with Gasteiger partial charge in [0.05, 0.1) is 30.1 Å². The van der Waals surface area contributed by atoms with Crippen LogP contribution < -0.4 is 5.32 Å². The van der Waals surface area contributed by atoms with Crippen molar-refractivity contribution in [2.24, 2.45) is 0 Å². The lowest BCUT2D eigenvalue weighted by Crippen LogP contribution is -2.11. The Hall–Kier alpha value is -2.43. The monoisotopic (exact) mass is 271 g/mol. The molecule has 0 saturated carbocycles. The molecule has 2 rings (SSSR count). The van der Waals surface area contributed by atoms with Gasteiger partial charge in [-0.2, -0.15) is 0 Å². The summed E-state index contributed by atoms with van der Waals surface area (Å²) in [5.74, 6) is -0.339. The smallest absolute Gasteiger partial charge is 0.337 e. The van der Waals surface area contributed by atoms with Gasteiger partial charge in [-0.3, -0.25) is 9.97 Å². The molecule has 1 unspecified atom stereocenters. The summed E-state index contributed by atoms with van der Waals surface area (Å²) in [5, 5.41) is 3.33. The minimum Gasteiger partial charge on any atom is -0.465 e. The van der Waals surface area contributed by atoms with Crippen LogP contribution in [0.1, 0.15) is 34.7 Å². The maximum Gasteiger partial charge on any atom is 0.337 e. The number of hydrogen-bond donors (Lipinski definition) is 1. The Morgan fingerprint density at radius 1 is 1.20 bits per heavy atom. The Labute approximate surface area is 118 Å². The predicted molar refractivity (Wildman–Crippen MR) is 76.6 cm³/mol. The highest BCUT2D eigenvalue weighted by molar-refractivity contribution is 5.89. The van der Waals surface area contributed by atoms with Crippen molar-refractivity contribution in [3.8, 4) is 0 Å². The normalized spacial score (nSPS) is 11.8. The number of aromatic nitrogens is 2. The molecule has 5 heteroatoms. The maximum atomic E-state index is 11.4. The van der Waals surface area contributed by atoms with Crippen molar-refractivity contribution in [2.75, 3.05) is 12.4 Å². The van der Waals surface area contributed by atoms with E-state index in [0.29, 0.717) is 5.56 Å². The van der Waals surface area contributed by atoms with E-state index in [9.17, 15) is 4.79 Å². The molecule has 0 aliphatic rings. The number of carbonyl (C=O) groups is 1. The lowest BCUT2D eigenvalue weighted by molar-refractivity contribution is 0.0601. The number of benzene rings is 1. The van der Waals surface area contributed by atoms with Gasteiger partial charge in [0.25, 0.3) is 0 Å². The summed E-state index contributed by atoms with van der Waals surface area (Å²) in [4.78, 5) is 19.9. The highest BCUT2D eigenvalue weighted by Gasteiger charge is 2.11. The van der Waals surface area contributed by atoms with E-state index in [4.69, 9.17) is 0 Å². The van der Waals surface area contributed by atoms with Gasteiger partial charge < -0.3 is 10.1 Å². The second-order valence-electron chi connectivity index (χ2n) is 4.46. The quantitative estimate of drug-likeness (QED) is 0.866. The fourth-order valence-electron chi connectivity index (χ4n) is 1.98. The standard InChI is InChI=1S/C15H17N3O2/c1-10-14(17-9-8-16-10)11(2)18-13-6-4-12(5-7-13)15(19)20-3/h4-9,11,18H,1-3H3. The van der Waals surface area contributed by atoms with Crippen molar-refractivity contribution in [2.45, 2.75) is 19.9 Å². The molecule has 5 nitrogen and oxygen atoms in total. The highest BCUT2D eigenvalue weighted by atomic mass is 16.5. The van der Waals surface area contributed by atoms with Gasteiger partial charge in [-0.1, -0.05) is 0 Å². The molecule has 1 aromatic carbocycles. The largest absolute Gasteiger partial charge is 0.465 e. The zero-order valence-corrected chi connectivity index (χ0v) is 11.8. The third-order valence-corrected chi connectivity index (χ3v) is 3.02. The van der Waals surface area contributed by atoms with Crippen LogP contribution in [0.4, 0.5) is 5.69 Å². The highest BCUT2D eigenvalue weighted by Crippen LogP contribution is 2.19. The Kier molecular flexibility index (Phi) is 4.30. The molecule has 0 bridgehead atoms. The number of aryl methyl sites for hydroxylation is 1. The lowest BCUT2D eigenvalue weighted by atomic mass is 10.1. The summed E-state index contributed by atoms with van der Waals surface area (Å²) >= 11 is 0. The third kappa shape index (κ3) is 3.12. The van der Waals surface area contributed by atoms with Crippen molar-refractivity contribution in [3.05, 3.63) is 53.6 Å². The molecule has 1 aromatic heterocycles. The van der Waals surface area contributed by atoms with E-state index in [1.54, 1.807) is 24.5 Å². The average Bonchev–Trinajstić information content (AvgIpc) is 2.47. The Morgan fingerprint density at radius 2 is 1.85 bits per heavy atom. The summed E-state index contributed by atoms with van der Waals surface area (Å²) in [5.41, 5.74) is 3.25. The van der Waals surface area contributed by atoms with Crippen LogP contribution in [-0.2, 0) is 4.74 Å². The van der Waals surface area contributed by atoms with Gasteiger partial charge in [-0.05, 0) is 38.1 Å². The zero-order valence-electron chi connectivity index (χ0n) is 11.8. The molecule has 1 heterocycles. The lowest BCUT2D eigenvalue weighted by Gasteiger charge is -2.16. The Balaban J connectivity index is 2.10. The van der Waals surface area contributed by atoms with Crippen molar-refractivity contribution in [1.29, 1.82) is 0 Å². The molecule has 20 heavy (non-hydrogen) atoms. The van der Waals surface area contributed by atoms with Crippen molar-refractivity contribution in [3.63, 3.8) is 0 Å². The molecule has 1 atom stereocenters. The molecule has 2 aromatic rings. The molecular formula is C15H17N3O2. The first-order valence-electron chi connectivity index (χ1n) is 6.34. The van der Waals surface area contributed by atoms with Crippen LogP contribution in [0.25, 0.3) is 0 Å². The molecule has 0 amide bonds. The number of esters is 1. The zero-order chi connectivity index (χ0) is 14.5. The van der Waals surface area contributed by atoms with E-state index >= 15 is 0 Å². The molecule has 0 saturated heterocycles. The van der Waals surface area contributed by atoms with Crippen molar-refractivity contribution >= 4 is 11.7 Å². The molecule has 0 spiro atoms. The second-order valence-corrected chi connectivity index (χ2v) is 4.46. The van der Waals surface area contributed by atoms with E-state index in [1.807, 2.05) is 26.0 Å². The van der Waals surface area contributed by atoms with Crippen LogP contribution in [0.2, 0.25) is 0 Å². The van der Waals surface area contributed by atoms with Crippen LogP contribution in [0, 0.1) is 6.92 Å². The van der Waals surface area contributed by atoms with Crippen molar-refractivity contribution in [1.82, 2.24) is 9.97 Å². The van der Waals surface area contributed by atoms with Gasteiger partial charge in [-0.25, -0.2) is 4.79 Å². The fourth-order valence-corrected chi connectivity index (χ4v) is 1.98. The van der Waals surface area contributed by atoms with Crippen LogP contribution in [0.5, 0.6) is 0 Å². The molecule has 1 N–H and O–H groups in total. The van der Waals surface area contributed by atoms with E-state index in [1.165, 1.54) is 7.11 Å². The third-order valence-electron chi connectivity index (χ3n) is 3.02. The number of hydrogen-bond acceptors (Lipinski definition) is 5. The summed E-state index contributed by atoms with van der Waals surface area (Å²) < 4.78 is 4.66. The topological polar surface area (TPSA) is 64.1 Å². The van der Waals surface area contributed by atoms with E-state index < -0.39 is 0 Å². The molecule has 0 aliphatic heterocycles. The fraction of sp³-hybridized carbons (Fsp3) is 0.267. The second kappa shape index (κ2) is 6.14. The summed E-state index contributed by atoms with van der Waals surface area (Å²) in [6.45, 7) is 3.95. The van der Waals surface area contributed by atoms with Gasteiger partial charge in [0, 0.05) is 18.1 Å². The SMILES string of the molecule is COC(=O)c1ccc(NC(C)c2nccnc2C)cc1. The minimum atomic E-state index is -0.339. The van der Waals surface area contributed by atoms with E-state index in [-0.39, 0.29) is 12.0 Å². The van der Waals surface area contributed by atoms with Crippen LogP contribution >= 0.6 is 0 Å². The van der Waals surface area contributed by atoms with Crippen molar-refractivity contribution < 1.29 is 9.53 Å². The maximum absolute atomic E-state index is 11.4. The predicted octanol–water partition coefficient (Wildman–Crippen LogP) is 2.74. The summed E-state index contributed by atoms with van der Waals surface area (Å²) in [6.07, 6.45) is 3.36. The molecule has 0 aliphatic carbocycles. The number of methoxy groups -OCH3 is 1. The molecule has 0 fully saturated rings. The van der Waals surface area contributed by atoms with Gasteiger partial charge in [0.2, 0.25) is 0 Å². The van der Waals surface area contributed by atoms with Gasteiger partial charge in [-0.15, -0.1) is 0 Å². The number of nitrogens with zero attached hydrogens (tertiary/aromatic N) is 2. The van der Waals surface area contributed by atoms with E-state index in [2.05, 4.69) is 20.0 Å². The van der Waals surface area contributed by atoms with Crippen LogP contribution in [0.3, 0.4) is 0 Å². The van der Waals surface area contributed by atoms with Gasteiger partial charge >= 0.3 is 5.97 Å². The first kappa shape index (κ1) is 14.0. The molecule has 104 valence electrons. The Morgan fingerprint density at radius 3 is 2.45 bits per heavy atom. The number of anilines is 1. The summed E-state index contributed by atoms with van der Waals surface area (Å²) in [7, 11) is 1.37. The Bertz CT molecular complexity index is 596. The molecule has 0 radical (unpaired) electrons. The first-order chi connectivity index (χ1) is 9.61. The van der Waals surface area contributed by atoms with Gasteiger partial charge in [0.1, 0.15) is 0 Å². The number of nitrogens with one attached hydrogen (secondary N) is 1. The average molecular weight is 271 g/mol. The van der Waals surface area contributed by atoms with Crippen LogP contribution in [-0.4, -0.2) is 23.0 Å². The first-order valence-corrected chi connectivity index (χ1v) is 6.34. The molecular weight excluding hydrogens is 254 g/mol. The van der Waals surface area contributed by atoms with Crippen LogP contribution in [0.15, 0.2) is 36.7 Å². The van der Waals surface area contributed by atoms with Gasteiger partial charge in [0.15, 0.2) is 0 Å². The minimum absolute atomic E-state index is 0.0349. The number of carbonyl (C=O) groups excluding carboxylic acids is 1. The van der Waals surface area contributed by atoms with E-state index in [0.717, 1.165) is 17.1 Å².